The molecule has 2 aromatic rings. The molecule has 0 heterocycles. The minimum atomic E-state index is -3.97. The molecule has 0 spiro atoms. The molecule has 31 heavy (non-hydrogen) atoms. The second kappa shape index (κ2) is 9.36. The van der Waals surface area contributed by atoms with Gasteiger partial charge in [-0.3, -0.25) is 30.0 Å². The summed E-state index contributed by atoms with van der Waals surface area (Å²) in [5.74, 6) is -1.26. The molecule has 0 unspecified atom stereocenters. The van der Waals surface area contributed by atoms with Crippen molar-refractivity contribution in [2.45, 2.75) is 18.2 Å². The van der Waals surface area contributed by atoms with Crippen molar-refractivity contribution in [3.63, 3.8) is 0 Å². The summed E-state index contributed by atoms with van der Waals surface area (Å²) in [5, 5.41) is 2.86. The Morgan fingerprint density at radius 1 is 1.06 bits per heavy atom. The average Bonchev–Trinajstić information content (AvgIpc) is 3.46. The number of anilines is 1. The number of sulfonamides is 1. The maximum atomic E-state index is 12.6. The van der Waals surface area contributed by atoms with Crippen LogP contribution in [0.2, 0.25) is 5.02 Å². The van der Waals surface area contributed by atoms with E-state index in [9.17, 15) is 22.8 Å². The molecule has 1 aliphatic carbocycles. The summed E-state index contributed by atoms with van der Waals surface area (Å²) in [6.07, 6.45) is 0.801. The first kappa shape index (κ1) is 22.6. The molecule has 164 valence electrons. The van der Waals surface area contributed by atoms with Gasteiger partial charge in [0.1, 0.15) is 0 Å². The van der Waals surface area contributed by atoms with Gasteiger partial charge in [0.25, 0.3) is 21.8 Å². The number of benzene rings is 2. The Balaban J connectivity index is 1.56. The zero-order valence-electron chi connectivity index (χ0n) is 16.5. The fourth-order valence-electron chi connectivity index (χ4n) is 2.80. The van der Waals surface area contributed by atoms with E-state index in [0.717, 1.165) is 6.42 Å². The van der Waals surface area contributed by atoms with E-state index in [4.69, 9.17) is 11.6 Å². The molecule has 0 aromatic heterocycles. The molecular weight excluding hydrogens is 444 g/mol. The summed E-state index contributed by atoms with van der Waals surface area (Å²) < 4.78 is 27.6. The Kier molecular flexibility index (Phi) is 6.81. The van der Waals surface area contributed by atoms with Gasteiger partial charge in [0.2, 0.25) is 5.91 Å². The molecule has 3 amide bonds. The second-order valence-electron chi connectivity index (χ2n) is 7.18. The number of hydrogen-bond acceptors (Lipinski definition) is 5. The molecule has 1 fully saturated rings. The van der Waals surface area contributed by atoms with E-state index < -0.39 is 21.8 Å². The van der Waals surface area contributed by atoms with Crippen molar-refractivity contribution in [2.75, 3.05) is 11.3 Å². The molecule has 11 heteroatoms. The van der Waals surface area contributed by atoms with Crippen molar-refractivity contribution in [3.05, 3.63) is 59.1 Å². The number of carbonyl (C=O) groups excluding carboxylic acids is 3. The van der Waals surface area contributed by atoms with Gasteiger partial charge >= 0.3 is 0 Å². The molecule has 0 aliphatic heterocycles. The van der Waals surface area contributed by atoms with Gasteiger partial charge in [-0.05, 0) is 48.7 Å². The number of halogens is 1. The highest BCUT2D eigenvalue weighted by molar-refractivity contribution is 7.92. The van der Waals surface area contributed by atoms with E-state index in [1.807, 2.05) is 6.92 Å². The zero-order valence-corrected chi connectivity index (χ0v) is 18.1. The van der Waals surface area contributed by atoms with Gasteiger partial charge in [0.05, 0.1) is 17.1 Å². The summed E-state index contributed by atoms with van der Waals surface area (Å²) in [6.45, 7) is 1.67. The lowest BCUT2D eigenvalue weighted by Gasteiger charge is -2.11. The average molecular weight is 465 g/mol. The van der Waals surface area contributed by atoms with Crippen molar-refractivity contribution >= 4 is 45.0 Å². The highest BCUT2D eigenvalue weighted by Gasteiger charge is 2.38. The third-order valence-electron chi connectivity index (χ3n) is 4.67. The molecule has 9 nitrogen and oxygen atoms in total. The number of carbonyl (C=O) groups is 3. The van der Waals surface area contributed by atoms with Crippen LogP contribution in [0, 0.1) is 11.8 Å². The summed E-state index contributed by atoms with van der Waals surface area (Å²) in [6, 6.07) is 11.5. The minimum Gasteiger partial charge on any atom is -0.347 e. The van der Waals surface area contributed by atoms with Crippen molar-refractivity contribution in [3.8, 4) is 0 Å². The predicted molar refractivity (Wildman–Crippen MR) is 115 cm³/mol. The lowest BCUT2D eigenvalue weighted by molar-refractivity contribution is -0.127. The van der Waals surface area contributed by atoms with Gasteiger partial charge in [0, 0.05) is 16.5 Å². The monoisotopic (exact) mass is 464 g/mol. The highest BCUT2D eigenvalue weighted by Crippen LogP contribution is 2.37. The number of amides is 3. The Morgan fingerprint density at radius 2 is 1.77 bits per heavy atom. The van der Waals surface area contributed by atoms with E-state index in [-0.39, 0.29) is 34.5 Å². The number of nitrogens with one attached hydrogen (secondary N) is 4. The standard InChI is InChI=1S/C20H21ClN4O5S/c1-12-8-17(12)20(28)22-11-18(26)23-24-19(27)13-4-2-7-16(9-13)31(29,30)25-15-6-3-5-14(21)10-15/h2-7,9-10,12,17,25H,8,11H2,1H3,(H,22,28)(H,23,26)(H,24,27)/t12-,17-/m1/s1. The van der Waals surface area contributed by atoms with Crippen molar-refractivity contribution in [1.82, 2.24) is 16.2 Å². The second-order valence-corrected chi connectivity index (χ2v) is 9.30. The van der Waals surface area contributed by atoms with Crippen molar-refractivity contribution in [2.24, 2.45) is 11.8 Å². The fourth-order valence-corrected chi connectivity index (χ4v) is 4.08. The lowest BCUT2D eigenvalue weighted by atomic mass is 10.2. The van der Waals surface area contributed by atoms with Gasteiger partial charge in [-0.2, -0.15) is 0 Å². The molecule has 1 aliphatic rings. The normalized spacial score (nSPS) is 17.4. The molecule has 4 N–H and O–H groups in total. The van der Waals surface area contributed by atoms with Crippen molar-refractivity contribution in [1.29, 1.82) is 0 Å². The van der Waals surface area contributed by atoms with E-state index in [0.29, 0.717) is 10.9 Å². The smallest absolute Gasteiger partial charge is 0.269 e. The third kappa shape index (κ3) is 6.19. The number of hydrazine groups is 1. The first-order valence-electron chi connectivity index (χ1n) is 9.41. The van der Waals surface area contributed by atoms with Gasteiger partial charge in [-0.1, -0.05) is 30.7 Å². The third-order valence-corrected chi connectivity index (χ3v) is 6.28. The van der Waals surface area contributed by atoms with Gasteiger partial charge < -0.3 is 5.32 Å². The summed E-state index contributed by atoms with van der Waals surface area (Å²) >= 11 is 5.87. The predicted octanol–water partition coefficient (Wildman–Crippen LogP) is 1.67. The van der Waals surface area contributed by atoms with Crippen LogP contribution in [-0.4, -0.2) is 32.7 Å². The molecular formula is C20H21ClN4O5S. The number of rotatable bonds is 7. The van der Waals surface area contributed by atoms with Crippen LogP contribution in [0.15, 0.2) is 53.4 Å². The molecule has 0 saturated heterocycles. The van der Waals surface area contributed by atoms with Gasteiger partial charge in [-0.25, -0.2) is 8.42 Å². The van der Waals surface area contributed by atoms with Crippen LogP contribution in [0.4, 0.5) is 5.69 Å². The SMILES string of the molecule is C[C@@H]1C[C@H]1C(=O)NCC(=O)NNC(=O)c1cccc(S(=O)(=O)Nc2cccc(Cl)c2)c1. The first-order valence-corrected chi connectivity index (χ1v) is 11.3. The van der Waals surface area contributed by atoms with Crippen molar-refractivity contribution < 1.29 is 22.8 Å². The van der Waals surface area contributed by atoms with Crippen LogP contribution >= 0.6 is 11.6 Å². The summed E-state index contributed by atoms with van der Waals surface area (Å²) in [5.41, 5.74) is 4.66. The van der Waals surface area contributed by atoms with Crippen LogP contribution in [0.3, 0.4) is 0 Å². The van der Waals surface area contributed by atoms with E-state index >= 15 is 0 Å². The zero-order chi connectivity index (χ0) is 22.6. The van der Waals surface area contributed by atoms with Crippen LogP contribution < -0.4 is 20.9 Å². The quantitative estimate of drug-likeness (QED) is 0.462. The van der Waals surface area contributed by atoms with Crippen LogP contribution in [0.25, 0.3) is 0 Å². The van der Waals surface area contributed by atoms with E-state index in [1.54, 1.807) is 12.1 Å². The Bertz CT molecular complexity index is 1120. The largest absolute Gasteiger partial charge is 0.347 e. The van der Waals surface area contributed by atoms with E-state index in [1.165, 1.54) is 36.4 Å². The molecule has 2 aromatic carbocycles. The minimum absolute atomic E-state index is 0.0186. The van der Waals surface area contributed by atoms with Crippen LogP contribution in [0.5, 0.6) is 0 Å². The fraction of sp³-hybridized carbons (Fsp3) is 0.250. The van der Waals surface area contributed by atoms with Gasteiger partial charge in [0.15, 0.2) is 0 Å². The Morgan fingerprint density at radius 3 is 2.45 bits per heavy atom. The molecule has 1 saturated carbocycles. The van der Waals surface area contributed by atoms with Crippen LogP contribution in [-0.2, 0) is 19.6 Å². The molecule has 0 radical (unpaired) electrons. The number of hydrogen-bond donors (Lipinski definition) is 4. The highest BCUT2D eigenvalue weighted by atomic mass is 35.5. The maximum Gasteiger partial charge on any atom is 0.269 e. The molecule has 0 bridgehead atoms. The van der Waals surface area contributed by atoms with E-state index in [2.05, 4.69) is 20.9 Å². The topological polar surface area (TPSA) is 133 Å². The Labute approximate surface area is 184 Å². The summed E-state index contributed by atoms with van der Waals surface area (Å²) in [7, 11) is -3.97. The molecule has 3 rings (SSSR count). The maximum absolute atomic E-state index is 12.6. The molecule has 2 atom stereocenters. The van der Waals surface area contributed by atoms with Crippen LogP contribution in [0.1, 0.15) is 23.7 Å². The summed E-state index contributed by atoms with van der Waals surface area (Å²) in [4.78, 5) is 35.7. The lowest BCUT2D eigenvalue weighted by Crippen LogP contribution is -2.46. The first-order chi connectivity index (χ1) is 14.7. The Hall–Kier alpha value is -3.11. The van der Waals surface area contributed by atoms with Gasteiger partial charge in [-0.15, -0.1) is 0 Å².